The fourth-order valence-corrected chi connectivity index (χ4v) is 2.24. The van der Waals surface area contributed by atoms with Gasteiger partial charge in [-0.3, -0.25) is 4.79 Å². The first-order chi connectivity index (χ1) is 7.93. The van der Waals surface area contributed by atoms with Crippen LogP contribution in [0.15, 0.2) is 24.3 Å². The molecule has 0 heterocycles. The van der Waals surface area contributed by atoms with Gasteiger partial charge in [0.05, 0.1) is 6.42 Å². The van der Waals surface area contributed by atoms with E-state index < -0.39 is 0 Å². The molecule has 1 aromatic carbocycles. The minimum Gasteiger partial charge on any atom is -0.351 e. The Balaban J connectivity index is 2.55. The largest absolute Gasteiger partial charge is 0.351 e. The summed E-state index contributed by atoms with van der Waals surface area (Å²) in [5, 5.41) is 3.61. The Kier molecular flexibility index (Phi) is 5.29. The molecule has 0 aliphatic heterocycles. The van der Waals surface area contributed by atoms with E-state index in [1.807, 2.05) is 26.0 Å². The molecule has 0 aliphatic rings. The Labute approximate surface area is 112 Å². The van der Waals surface area contributed by atoms with E-state index in [1.165, 1.54) is 0 Å². The fourth-order valence-electron chi connectivity index (χ4n) is 1.55. The van der Waals surface area contributed by atoms with Crippen molar-refractivity contribution in [1.82, 2.24) is 5.32 Å². The number of hydrogen-bond donors (Lipinski definition) is 1. The van der Waals surface area contributed by atoms with Crippen LogP contribution in [-0.4, -0.2) is 17.3 Å². The van der Waals surface area contributed by atoms with Crippen LogP contribution in [-0.2, 0) is 11.2 Å². The van der Waals surface area contributed by atoms with Crippen LogP contribution < -0.4 is 5.32 Å². The van der Waals surface area contributed by atoms with Crippen LogP contribution in [0.2, 0.25) is 5.02 Å². The lowest BCUT2D eigenvalue weighted by atomic mass is 10.0. The molecule has 0 saturated carbocycles. The molecule has 1 amide bonds. The second-order valence-corrected chi connectivity index (χ2v) is 5.49. The third-order valence-electron chi connectivity index (χ3n) is 2.45. The van der Waals surface area contributed by atoms with Crippen LogP contribution in [0.1, 0.15) is 25.8 Å². The van der Waals surface area contributed by atoms with Crippen molar-refractivity contribution in [3.63, 3.8) is 0 Å². The Hall–Kier alpha value is -0.730. The van der Waals surface area contributed by atoms with Gasteiger partial charge in [0.15, 0.2) is 0 Å². The van der Waals surface area contributed by atoms with Gasteiger partial charge in [-0.1, -0.05) is 23.7 Å². The molecule has 0 unspecified atom stereocenters. The highest BCUT2D eigenvalue weighted by molar-refractivity contribution is 6.30. The average Bonchev–Trinajstić information content (AvgIpc) is 2.15. The molecule has 0 aromatic heterocycles. The van der Waals surface area contributed by atoms with E-state index >= 15 is 0 Å². The number of halogens is 2. The van der Waals surface area contributed by atoms with Crippen molar-refractivity contribution < 1.29 is 4.79 Å². The van der Waals surface area contributed by atoms with Gasteiger partial charge in [0.25, 0.3) is 0 Å². The summed E-state index contributed by atoms with van der Waals surface area (Å²) in [6, 6.07) is 7.32. The molecule has 0 aliphatic carbocycles. The summed E-state index contributed by atoms with van der Waals surface area (Å²) in [4.78, 5) is 11.8. The Bertz CT molecular complexity index is 391. The lowest BCUT2D eigenvalue weighted by Gasteiger charge is -2.25. The lowest BCUT2D eigenvalue weighted by Crippen LogP contribution is -2.44. The molecule has 1 aromatic rings. The first-order valence-electron chi connectivity index (χ1n) is 5.54. The van der Waals surface area contributed by atoms with Crippen LogP contribution in [0.5, 0.6) is 0 Å². The molecule has 0 spiro atoms. The summed E-state index contributed by atoms with van der Waals surface area (Å²) >= 11 is 11.5. The smallest absolute Gasteiger partial charge is 0.224 e. The Morgan fingerprint density at radius 1 is 1.41 bits per heavy atom. The van der Waals surface area contributed by atoms with E-state index in [-0.39, 0.29) is 11.4 Å². The van der Waals surface area contributed by atoms with Crippen LogP contribution in [0.4, 0.5) is 0 Å². The number of alkyl halides is 1. The molecule has 0 fully saturated rings. The van der Waals surface area contributed by atoms with Crippen LogP contribution in [0, 0.1) is 0 Å². The summed E-state index contributed by atoms with van der Waals surface area (Å²) in [6.07, 6.45) is 1.09. The molecule has 0 bridgehead atoms. The zero-order chi connectivity index (χ0) is 12.9. The zero-order valence-electron chi connectivity index (χ0n) is 10.1. The average molecular weight is 274 g/mol. The molecule has 4 heteroatoms. The number of carbonyl (C=O) groups excluding carboxylic acids is 1. The molecule has 2 nitrogen and oxygen atoms in total. The number of benzene rings is 1. The molecule has 1 N–H and O–H groups in total. The lowest BCUT2D eigenvalue weighted by molar-refractivity contribution is -0.122. The molecule has 17 heavy (non-hydrogen) atoms. The van der Waals surface area contributed by atoms with Gasteiger partial charge in [-0.15, -0.1) is 11.6 Å². The van der Waals surface area contributed by atoms with Crippen molar-refractivity contribution in [3.05, 3.63) is 34.9 Å². The van der Waals surface area contributed by atoms with Crippen molar-refractivity contribution in [2.24, 2.45) is 0 Å². The number of amides is 1. The monoisotopic (exact) mass is 273 g/mol. The van der Waals surface area contributed by atoms with E-state index in [1.54, 1.807) is 12.1 Å². The summed E-state index contributed by atoms with van der Waals surface area (Å²) in [5.41, 5.74) is 0.647. The van der Waals surface area contributed by atoms with Gasteiger partial charge >= 0.3 is 0 Å². The normalized spacial score (nSPS) is 11.3. The number of nitrogens with one attached hydrogen (secondary N) is 1. The maximum atomic E-state index is 11.8. The molecule has 0 saturated heterocycles. The minimum atomic E-state index is -0.266. The van der Waals surface area contributed by atoms with Crippen molar-refractivity contribution >= 4 is 29.1 Å². The van der Waals surface area contributed by atoms with Crippen molar-refractivity contribution in [2.45, 2.75) is 32.2 Å². The number of carbonyl (C=O) groups is 1. The highest BCUT2D eigenvalue weighted by atomic mass is 35.5. The van der Waals surface area contributed by atoms with Crippen LogP contribution in [0.3, 0.4) is 0 Å². The second kappa shape index (κ2) is 6.27. The Morgan fingerprint density at radius 3 is 2.71 bits per heavy atom. The van der Waals surface area contributed by atoms with E-state index in [0.717, 1.165) is 12.0 Å². The summed E-state index contributed by atoms with van der Waals surface area (Å²) in [5.74, 6) is 0.521. The first kappa shape index (κ1) is 14.3. The maximum absolute atomic E-state index is 11.8. The molecule has 1 rings (SSSR count). The quantitative estimate of drug-likeness (QED) is 0.819. The summed E-state index contributed by atoms with van der Waals surface area (Å²) < 4.78 is 0. The highest BCUT2D eigenvalue weighted by Crippen LogP contribution is 2.13. The van der Waals surface area contributed by atoms with E-state index in [9.17, 15) is 4.79 Å². The van der Waals surface area contributed by atoms with Gasteiger partial charge in [0, 0.05) is 16.4 Å². The molecule has 0 atom stereocenters. The topological polar surface area (TPSA) is 29.1 Å². The van der Waals surface area contributed by atoms with Gasteiger partial charge in [-0.2, -0.15) is 0 Å². The Morgan fingerprint density at radius 2 is 2.12 bits per heavy atom. The summed E-state index contributed by atoms with van der Waals surface area (Å²) in [7, 11) is 0. The number of hydrogen-bond acceptors (Lipinski definition) is 1. The molecule has 94 valence electrons. The zero-order valence-corrected chi connectivity index (χ0v) is 11.6. The van der Waals surface area contributed by atoms with Gasteiger partial charge in [-0.25, -0.2) is 0 Å². The van der Waals surface area contributed by atoms with Crippen molar-refractivity contribution in [3.8, 4) is 0 Å². The van der Waals surface area contributed by atoms with Crippen molar-refractivity contribution in [1.29, 1.82) is 0 Å². The van der Waals surface area contributed by atoms with E-state index in [2.05, 4.69) is 5.32 Å². The fraction of sp³-hybridized carbons (Fsp3) is 0.462. The van der Waals surface area contributed by atoms with Crippen LogP contribution in [0.25, 0.3) is 0 Å². The SMILES string of the molecule is CC(C)(CCCl)NC(=O)Cc1cccc(Cl)c1. The number of rotatable bonds is 5. The van der Waals surface area contributed by atoms with Gasteiger partial charge < -0.3 is 5.32 Å². The van der Waals surface area contributed by atoms with E-state index in [4.69, 9.17) is 23.2 Å². The first-order valence-corrected chi connectivity index (χ1v) is 6.45. The van der Waals surface area contributed by atoms with Crippen molar-refractivity contribution in [2.75, 3.05) is 5.88 Å². The third-order valence-corrected chi connectivity index (χ3v) is 2.88. The van der Waals surface area contributed by atoms with Crippen LogP contribution >= 0.6 is 23.2 Å². The van der Waals surface area contributed by atoms with Gasteiger partial charge in [-0.05, 0) is 38.0 Å². The van der Waals surface area contributed by atoms with E-state index in [0.29, 0.717) is 17.3 Å². The standard InChI is InChI=1S/C13H17Cl2NO/c1-13(2,6-7-14)16-12(17)9-10-4-3-5-11(15)8-10/h3-5,8H,6-7,9H2,1-2H3,(H,16,17). The second-order valence-electron chi connectivity index (χ2n) is 4.68. The highest BCUT2D eigenvalue weighted by Gasteiger charge is 2.19. The maximum Gasteiger partial charge on any atom is 0.224 e. The molecule has 0 radical (unpaired) electrons. The predicted molar refractivity (Wildman–Crippen MR) is 72.7 cm³/mol. The minimum absolute atomic E-state index is 0.0117. The molecular weight excluding hydrogens is 257 g/mol. The molecular formula is C13H17Cl2NO. The van der Waals surface area contributed by atoms with Gasteiger partial charge in [0.1, 0.15) is 0 Å². The summed E-state index contributed by atoms with van der Waals surface area (Å²) in [6.45, 7) is 3.93. The van der Waals surface area contributed by atoms with Gasteiger partial charge in [0.2, 0.25) is 5.91 Å². The third kappa shape index (κ3) is 5.42. The predicted octanol–water partition coefficient (Wildman–Crippen LogP) is 3.41.